The second-order valence-corrected chi connectivity index (χ2v) is 6.53. The second-order valence-electron chi connectivity index (χ2n) is 6.53. The van der Waals surface area contributed by atoms with Gasteiger partial charge in [0.05, 0.1) is 19.3 Å². The summed E-state index contributed by atoms with van der Waals surface area (Å²) in [6, 6.07) is 0. The molecule has 2 rings (SSSR count). The van der Waals surface area contributed by atoms with Crippen LogP contribution in [0.4, 0.5) is 11.5 Å². The number of unbranched alkanes of at least 4 members (excludes halogenated alkanes) is 1. The van der Waals surface area contributed by atoms with Crippen molar-refractivity contribution in [1.29, 1.82) is 0 Å². The molecule has 2 heterocycles. The van der Waals surface area contributed by atoms with E-state index < -0.39 is 11.2 Å². The number of nitrogen functional groups attached to an aromatic ring is 1. The van der Waals surface area contributed by atoms with Crippen molar-refractivity contribution in [3.05, 3.63) is 20.8 Å². The number of likely N-dealkylation sites (N-methyl/N-ethyl adjacent to an activating group) is 1. The summed E-state index contributed by atoms with van der Waals surface area (Å²) in [7, 11) is 0. The number of H-pyrrole nitrogens is 1. The van der Waals surface area contributed by atoms with Gasteiger partial charge in [-0.1, -0.05) is 13.3 Å². The highest BCUT2D eigenvalue weighted by molar-refractivity contribution is 5.82. The topological polar surface area (TPSA) is 114 Å². The number of aromatic amines is 1. The maximum atomic E-state index is 12.6. The van der Waals surface area contributed by atoms with Crippen LogP contribution in [0, 0.1) is 0 Å². The number of nitrogens with one attached hydrogen (secondary N) is 1. The smallest absolute Gasteiger partial charge is 0.330 e. The first-order valence-electron chi connectivity index (χ1n) is 9.15. The molecular weight excluding hydrogens is 338 g/mol. The SMILES string of the molecule is CCCCn1c(N)c(N(CC)CC(=O)N2CCOC(C)C2)c(=O)[nH]c1=O. The van der Waals surface area contributed by atoms with Gasteiger partial charge in [-0.2, -0.15) is 0 Å². The van der Waals surface area contributed by atoms with E-state index in [0.29, 0.717) is 32.8 Å². The monoisotopic (exact) mass is 367 g/mol. The van der Waals surface area contributed by atoms with Crippen LogP contribution >= 0.6 is 0 Å². The Balaban J connectivity index is 2.27. The fraction of sp³-hybridized carbons (Fsp3) is 0.706. The van der Waals surface area contributed by atoms with Crippen LogP contribution in [0.1, 0.15) is 33.6 Å². The maximum absolute atomic E-state index is 12.6. The summed E-state index contributed by atoms with van der Waals surface area (Å²) in [5.41, 5.74) is 5.23. The molecule has 9 heteroatoms. The fourth-order valence-corrected chi connectivity index (χ4v) is 3.08. The summed E-state index contributed by atoms with van der Waals surface area (Å²) in [6.07, 6.45) is 1.66. The van der Waals surface area contributed by atoms with Crippen LogP contribution in [0.2, 0.25) is 0 Å². The zero-order chi connectivity index (χ0) is 19.3. The summed E-state index contributed by atoms with van der Waals surface area (Å²) in [4.78, 5) is 42.7. The molecule has 3 N–H and O–H groups in total. The number of rotatable bonds is 7. The van der Waals surface area contributed by atoms with Crippen molar-refractivity contribution in [2.24, 2.45) is 0 Å². The average molecular weight is 367 g/mol. The number of aromatic nitrogens is 2. The number of ether oxygens (including phenoxy) is 1. The molecule has 1 atom stereocenters. The van der Waals surface area contributed by atoms with Crippen molar-refractivity contribution < 1.29 is 9.53 Å². The average Bonchev–Trinajstić information content (AvgIpc) is 2.60. The molecule has 0 radical (unpaired) electrons. The van der Waals surface area contributed by atoms with Crippen LogP contribution in [0.25, 0.3) is 0 Å². The van der Waals surface area contributed by atoms with Crippen molar-refractivity contribution in [2.75, 3.05) is 43.4 Å². The molecule has 0 saturated carbocycles. The van der Waals surface area contributed by atoms with Gasteiger partial charge in [-0.05, 0) is 20.3 Å². The molecule has 1 fully saturated rings. The summed E-state index contributed by atoms with van der Waals surface area (Å²) < 4.78 is 6.82. The normalized spacial score (nSPS) is 17.3. The van der Waals surface area contributed by atoms with Gasteiger partial charge in [0.25, 0.3) is 5.56 Å². The molecule has 26 heavy (non-hydrogen) atoms. The number of hydrogen-bond acceptors (Lipinski definition) is 6. The Morgan fingerprint density at radius 2 is 2.12 bits per heavy atom. The van der Waals surface area contributed by atoms with E-state index in [0.717, 1.165) is 12.8 Å². The van der Waals surface area contributed by atoms with E-state index in [9.17, 15) is 14.4 Å². The third-order valence-corrected chi connectivity index (χ3v) is 4.57. The Labute approximate surface area is 152 Å². The minimum atomic E-state index is -0.565. The lowest BCUT2D eigenvalue weighted by Gasteiger charge is -2.33. The molecule has 0 aliphatic carbocycles. The largest absolute Gasteiger partial charge is 0.383 e. The van der Waals surface area contributed by atoms with Gasteiger partial charge >= 0.3 is 5.69 Å². The van der Waals surface area contributed by atoms with Gasteiger partial charge in [0.1, 0.15) is 11.5 Å². The van der Waals surface area contributed by atoms with Crippen molar-refractivity contribution in [2.45, 2.75) is 46.3 Å². The maximum Gasteiger partial charge on any atom is 0.330 e. The third-order valence-electron chi connectivity index (χ3n) is 4.57. The molecule has 1 amide bonds. The molecule has 1 unspecified atom stereocenters. The molecule has 9 nitrogen and oxygen atoms in total. The molecule has 1 aliphatic rings. The number of amides is 1. The van der Waals surface area contributed by atoms with E-state index in [4.69, 9.17) is 10.5 Å². The Morgan fingerprint density at radius 1 is 1.38 bits per heavy atom. The van der Waals surface area contributed by atoms with Gasteiger partial charge in [-0.25, -0.2) is 4.79 Å². The molecule has 0 spiro atoms. The van der Waals surface area contributed by atoms with Crippen LogP contribution in [-0.2, 0) is 16.1 Å². The van der Waals surface area contributed by atoms with Crippen LogP contribution in [0.3, 0.4) is 0 Å². The van der Waals surface area contributed by atoms with E-state index in [1.54, 1.807) is 9.80 Å². The minimum absolute atomic E-state index is 0.00722. The zero-order valence-corrected chi connectivity index (χ0v) is 15.8. The third kappa shape index (κ3) is 4.46. The summed E-state index contributed by atoms with van der Waals surface area (Å²) >= 11 is 0. The van der Waals surface area contributed by atoms with Crippen molar-refractivity contribution in [3.8, 4) is 0 Å². The van der Waals surface area contributed by atoms with Crippen molar-refractivity contribution in [1.82, 2.24) is 14.5 Å². The molecule has 146 valence electrons. The van der Waals surface area contributed by atoms with E-state index in [-0.39, 0.29) is 30.1 Å². The number of hydrogen-bond donors (Lipinski definition) is 2. The van der Waals surface area contributed by atoms with Crippen LogP contribution in [0.15, 0.2) is 9.59 Å². The quantitative estimate of drug-likeness (QED) is 0.701. The molecule has 0 aromatic carbocycles. The molecule has 1 aromatic heterocycles. The molecule has 1 saturated heterocycles. The fourth-order valence-electron chi connectivity index (χ4n) is 3.08. The molecule has 1 aliphatic heterocycles. The van der Waals surface area contributed by atoms with Crippen molar-refractivity contribution >= 4 is 17.4 Å². The van der Waals surface area contributed by atoms with E-state index in [2.05, 4.69) is 4.98 Å². The minimum Gasteiger partial charge on any atom is -0.383 e. The standard InChI is InChI=1S/C17H29N5O4/c1-4-6-7-22-15(18)14(16(24)19-17(22)25)20(5-2)11-13(23)21-8-9-26-12(3)10-21/h12H,4-11,18H2,1-3H3,(H,19,24,25). The van der Waals surface area contributed by atoms with Gasteiger partial charge in [0, 0.05) is 26.2 Å². The molecular formula is C17H29N5O4. The van der Waals surface area contributed by atoms with Crippen LogP contribution < -0.4 is 21.9 Å². The Hall–Kier alpha value is -2.29. The molecule has 1 aromatic rings. The second kappa shape index (κ2) is 8.88. The van der Waals surface area contributed by atoms with Gasteiger partial charge in [0.15, 0.2) is 0 Å². The van der Waals surface area contributed by atoms with E-state index in [1.807, 2.05) is 20.8 Å². The summed E-state index contributed by atoms with van der Waals surface area (Å²) in [6.45, 7) is 8.21. The zero-order valence-electron chi connectivity index (χ0n) is 15.8. The van der Waals surface area contributed by atoms with E-state index in [1.165, 1.54) is 4.57 Å². The number of morpholine rings is 1. The van der Waals surface area contributed by atoms with Gasteiger partial charge in [0.2, 0.25) is 5.91 Å². The predicted octanol–water partition coefficient (Wildman–Crippen LogP) is -0.00750. The highest BCUT2D eigenvalue weighted by Crippen LogP contribution is 2.17. The van der Waals surface area contributed by atoms with Gasteiger partial charge in [-0.3, -0.25) is 19.1 Å². The highest BCUT2D eigenvalue weighted by Gasteiger charge is 2.25. The number of carbonyl (C=O) groups is 1. The predicted molar refractivity (Wildman–Crippen MR) is 101 cm³/mol. The van der Waals surface area contributed by atoms with Crippen LogP contribution in [0.5, 0.6) is 0 Å². The molecule has 0 bridgehead atoms. The first kappa shape index (κ1) is 20.0. The number of anilines is 2. The van der Waals surface area contributed by atoms with Gasteiger partial charge in [-0.15, -0.1) is 0 Å². The number of nitrogens with zero attached hydrogens (tertiary/aromatic N) is 3. The highest BCUT2D eigenvalue weighted by atomic mass is 16.5. The Kier molecular flexibility index (Phi) is 6.84. The first-order valence-corrected chi connectivity index (χ1v) is 9.15. The van der Waals surface area contributed by atoms with Crippen molar-refractivity contribution in [3.63, 3.8) is 0 Å². The number of nitrogens with two attached hydrogens (primary N) is 1. The lowest BCUT2D eigenvalue weighted by molar-refractivity contribution is -0.136. The number of carbonyl (C=O) groups excluding carboxylic acids is 1. The van der Waals surface area contributed by atoms with Crippen LogP contribution in [-0.4, -0.2) is 59.2 Å². The summed E-state index contributed by atoms with van der Waals surface area (Å²) in [5, 5.41) is 0. The Morgan fingerprint density at radius 3 is 2.73 bits per heavy atom. The Bertz CT molecular complexity index is 742. The first-order chi connectivity index (χ1) is 12.4. The van der Waals surface area contributed by atoms with E-state index >= 15 is 0 Å². The lowest BCUT2D eigenvalue weighted by atomic mass is 10.2. The lowest BCUT2D eigenvalue weighted by Crippen LogP contribution is -2.49. The summed E-state index contributed by atoms with van der Waals surface area (Å²) in [5.74, 6) is 0.0179. The van der Waals surface area contributed by atoms with Gasteiger partial charge < -0.3 is 20.3 Å².